The molecule has 0 radical (unpaired) electrons. The van der Waals surface area contributed by atoms with Gasteiger partial charge in [-0.25, -0.2) is 0 Å². The molecule has 1 amide bonds. The van der Waals surface area contributed by atoms with Crippen molar-refractivity contribution in [2.24, 2.45) is 0 Å². The standard InChI is InChI=1S/C17H17NOS3/c19-16(8-7-15-6-2-9-20-15)18-14-5-1-4-13(12-14)17-21-10-3-11-22-17/h1-2,4-9,12,17H,3,10-11H2,(H,18,19)/b8-7+. The van der Waals surface area contributed by atoms with Crippen molar-refractivity contribution in [3.8, 4) is 0 Å². The van der Waals surface area contributed by atoms with Crippen molar-refractivity contribution in [1.29, 1.82) is 0 Å². The highest BCUT2D eigenvalue weighted by Crippen LogP contribution is 2.43. The molecule has 1 fully saturated rings. The van der Waals surface area contributed by atoms with Crippen LogP contribution in [0.4, 0.5) is 5.69 Å². The summed E-state index contributed by atoms with van der Waals surface area (Å²) in [7, 11) is 0. The van der Waals surface area contributed by atoms with Crippen LogP contribution in [0.15, 0.2) is 47.9 Å². The minimum Gasteiger partial charge on any atom is -0.323 e. The molecule has 1 N–H and O–H groups in total. The molecule has 0 unspecified atom stereocenters. The van der Waals surface area contributed by atoms with Crippen molar-refractivity contribution in [3.05, 3.63) is 58.3 Å². The van der Waals surface area contributed by atoms with Crippen LogP contribution in [0.1, 0.15) is 21.4 Å². The molecule has 0 aliphatic carbocycles. The molecule has 0 spiro atoms. The average Bonchev–Trinajstić information content (AvgIpc) is 3.08. The van der Waals surface area contributed by atoms with Crippen LogP contribution >= 0.6 is 34.9 Å². The lowest BCUT2D eigenvalue weighted by Gasteiger charge is -2.21. The largest absolute Gasteiger partial charge is 0.323 e. The first-order valence-electron chi connectivity index (χ1n) is 7.17. The zero-order chi connectivity index (χ0) is 15.2. The van der Waals surface area contributed by atoms with Gasteiger partial charge in [0.2, 0.25) is 5.91 Å². The van der Waals surface area contributed by atoms with E-state index in [1.54, 1.807) is 17.4 Å². The van der Waals surface area contributed by atoms with Crippen molar-refractivity contribution >= 4 is 52.5 Å². The number of thiophene rings is 1. The SMILES string of the molecule is O=C(/C=C/c1cccs1)Nc1cccc(C2SCCCS2)c1. The summed E-state index contributed by atoms with van der Waals surface area (Å²) in [6.45, 7) is 0. The molecule has 1 aliphatic heterocycles. The topological polar surface area (TPSA) is 29.1 Å². The first kappa shape index (κ1) is 15.7. The Bertz CT molecular complexity index is 646. The Morgan fingerprint density at radius 3 is 2.82 bits per heavy atom. The highest BCUT2D eigenvalue weighted by molar-refractivity contribution is 8.16. The molecule has 1 aromatic heterocycles. The van der Waals surface area contributed by atoms with Gasteiger partial charge in [0, 0.05) is 16.6 Å². The Hall–Kier alpha value is -1.17. The third-order valence-electron chi connectivity index (χ3n) is 3.20. The van der Waals surface area contributed by atoms with Crippen LogP contribution in [0.25, 0.3) is 6.08 Å². The maximum atomic E-state index is 12.0. The zero-order valence-corrected chi connectivity index (χ0v) is 14.5. The predicted octanol–water partition coefficient (Wildman–Crippen LogP) is 5.27. The summed E-state index contributed by atoms with van der Waals surface area (Å²) in [5, 5.41) is 4.94. The summed E-state index contributed by atoms with van der Waals surface area (Å²) in [6.07, 6.45) is 4.72. The van der Waals surface area contributed by atoms with Gasteiger partial charge in [-0.1, -0.05) is 18.2 Å². The molecule has 22 heavy (non-hydrogen) atoms. The van der Waals surface area contributed by atoms with Crippen molar-refractivity contribution in [3.63, 3.8) is 0 Å². The molecule has 0 atom stereocenters. The average molecular weight is 348 g/mol. The van der Waals surface area contributed by atoms with E-state index in [-0.39, 0.29) is 5.91 Å². The predicted molar refractivity (Wildman–Crippen MR) is 101 cm³/mol. The fourth-order valence-corrected chi connectivity index (χ4v) is 5.66. The molecule has 1 aliphatic rings. The molecule has 0 saturated carbocycles. The van der Waals surface area contributed by atoms with Crippen molar-refractivity contribution in [2.75, 3.05) is 16.8 Å². The molecule has 2 nitrogen and oxygen atoms in total. The molecule has 114 valence electrons. The summed E-state index contributed by atoms with van der Waals surface area (Å²) < 4.78 is 0.493. The molecule has 1 aromatic carbocycles. The number of hydrogen-bond acceptors (Lipinski definition) is 4. The maximum absolute atomic E-state index is 12.0. The van der Waals surface area contributed by atoms with E-state index in [9.17, 15) is 4.79 Å². The number of anilines is 1. The Balaban J connectivity index is 1.63. The van der Waals surface area contributed by atoms with Crippen LogP contribution in [0.5, 0.6) is 0 Å². The Morgan fingerprint density at radius 1 is 1.18 bits per heavy atom. The Labute approximate surface area is 143 Å². The van der Waals surface area contributed by atoms with E-state index in [1.807, 2.05) is 59.2 Å². The zero-order valence-electron chi connectivity index (χ0n) is 12.0. The normalized spacial score (nSPS) is 16.0. The van der Waals surface area contributed by atoms with Gasteiger partial charge < -0.3 is 5.32 Å². The smallest absolute Gasteiger partial charge is 0.248 e. The minimum absolute atomic E-state index is 0.0884. The molecule has 3 rings (SSSR count). The number of nitrogens with one attached hydrogen (secondary N) is 1. The van der Waals surface area contributed by atoms with E-state index in [0.29, 0.717) is 4.58 Å². The number of thioether (sulfide) groups is 2. The number of amides is 1. The summed E-state index contributed by atoms with van der Waals surface area (Å²) in [5.41, 5.74) is 2.15. The van der Waals surface area contributed by atoms with E-state index in [2.05, 4.69) is 17.4 Å². The monoisotopic (exact) mass is 347 g/mol. The third-order valence-corrected chi connectivity index (χ3v) is 7.05. The van der Waals surface area contributed by atoms with Gasteiger partial charge in [-0.15, -0.1) is 34.9 Å². The van der Waals surface area contributed by atoms with E-state index >= 15 is 0 Å². The first-order valence-corrected chi connectivity index (χ1v) is 10.1. The number of hydrogen-bond donors (Lipinski definition) is 1. The quantitative estimate of drug-likeness (QED) is 0.764. The lowest BCUT2D eigenvalue weighted by atomic mass is 10.2. The van der Waals surface area contributed by atoms with Gasteiger partial charge in [-0.2, -0.15) is 0 Å². The second kappa shape index (κ2) is 7.90. The molecular formula is C17H17NOS3. The summed E-state index contributed by atoms with van der Waals surface area (Å²) in [4.78, 5) is 13.1. The first-order chi connectivity index (χ1) is 10.8. The van der Waals surface area contributed by atoms with Crippen molar-refractivity contribution < 1.29 is 4.79 Å². The van der Waals surface area contributed by atoms with E-state index in [1.165, 1.54) is 23.5 Å². The van der Waals surface area contributed by atoms with Gasteiger partial charge in [-0.3, -0.25) is 4.79 Å². The lowest BCUT2D eigenvalue weighted by molar-refractivity contribution is -0.111. The van der Waals surface area contributed by atoms with E-state index in [0.717, 1.165) is 10.6 Å². The summed E-state index contributed by atoms with van der Waals surface area (Å²) in [6, 6.07) is 12.2. The van der Waals surface area contributed by atoms with Gasteiger partial charge in [0.25, 0.3) is 0 Å². The summed E-state index contributed by atoms with van der Waals surface area (Å²) >= 11 is 5.60. The number of carbonyl (C=O) groups is 1. The minimum atomic E-state index is -0.0884. The molecule has 2 aromatic rings. The number of rotatable bonds is 4. The highest BCUT2D eigenvalue weighted by atomic mass is 32.2. The molecule has 0 bridgehead atoms. The molecular weight excluding hydrogens is 330 g/mol. The summed E-state index contributed by atoms with van der Waals surface area (Å²) in [5.74, 6) is 2.35. The van der Waals surface area contributed by atoms with E-state index < -0.39 is 0 Å². The van der Waals surface area contributed by atoms with Gasteiger partial charge in [0.15, 0.2) is 0 Å². The van der Waals surface area contributed by atoms with Gasteiger partial charge >= 0.3 is 0 Å². The molecule has 2 heterocycles. The Kier molecular flexibility index (Phi) is 5.64. The number of carbonyl (C=O) groups excluding carboxylic acids is 1. The van der Waals surface area contributed by atoms with Crippen molar-refractivity contribution in [2.45, 2.75) is 11.0 Å². The van der Waals surface area contributed by atoms with E-state index in [4.69, 9.17) is 0 Å². The second-order valence-corrected chi connectivity index (χ2v) is 8.59. The maximum Gasteiger partial charge on any atom is 0.248 e. The van der Waals surface area contributed by atoms with Gasteiger partial charge in [0.1, 0.15) is 0 Å². The van der Waals surface area contributed by atoms with Crippen LogP contribution in [0.3, 0.4) is 0 Å². The van der Waals surface area contributed by atoms with Crippen LogP contribution < -0.4 is 5.32 Å². The molecule has 1 saturated heterocycles. The van der Waals surface area contributed by atoms with Crippen LogP contribution in [0.2, 0.25) is 0 Å². The van der Waals surface area contributed by atoms with Crippen LogP contribution in [0, 0.1) is 0 Å². The lowest BCUT2D eigenvalue weighted by Crippen LogP contribution is -2.08. The van der Waals surface area contributed by atoms with Gasteiger partial charge in [-0.05, 0) is 53.1 Å². The van der Waals surface area contributed by atoms with Crippen LogP contribution in [-0.4, -0.2) is 17.4 Å². The second-order valence-electron chi connectivity index (χ2n) is 4.89. The Morgan fingerprint density at radius 2 is 2.05 bits per heavy atom. The highest BCUT2D eigenvalue weighted by Gasteiger charge is 2.16. The number of benzene rings is 1. The fourth-order valence-electron chi connectivity index (χ4n) is 2.17. The molecule has 5 heteroatoms. The van der Waals surface area contributed by atoms with Crippen LogP contribution in [-0.2, 0) is 4.79 Å². The van der Waals surface area contributed by atoms with Crippen molar-refractivity contribution in [1.82, 2.24) is 0 Å². The van der Waals surface area contributed by atoms with Gasteiger partial charge in [0.05, 0.1) is 4.58 Å². The third kappa shape index (κ3) is 4.41. The fraction of sp³-hybridized carbons (Fsp3) is 0.235.